The van der Waals surface area contributed by atoms with Gasteiger partial charge in [0, 0.05) is 31.4 Å². The average Bonchev–Trinajstić information content (AvgIpc) is 2.55. The summed E-state index contributed by atoms with van der Waals surface area (Å²) in [5.41, 5.74) is 0.859. The summed E-state index contributed by atoms with van der Waals surface area (Å²) in [6.07, 6.45) is 5.59. The summed E-state index contributed by atoms with van der Waals surface area (Å²) in [4.78, 5) is 30.5. The van der Waals surface area contributed by atoms with Crippen LogP contribution in [-0.4, -0.2) is 41.3 Å². The number of nitrogens with zero attached hydrogens (tertiary/aromatic N) is 2. The molecule has 5 nitrogen and oxygen atoms in total. The van der Waals surface area contributed by atoms with E-state index in [0.29, 0.717) is 23.7 Å². The third-order valence-corrected chi connectivity index (χ3v) is 4.13. The molecule has 1 fully saturated rings. The Bertz CT molecular complexity index is 522. The maximum Gasteiger partial charge on any atom is 0.269 e. The molecule has 0 spiro atoms. The van der Waals surface area contributed by atoms with Crippen LogP contribution >= 0.6 is 0 Å². The first-order valence-corrected chi connectivity index (χ1v) is 8.15. The van der Waals surface area contributed by atoms with E-state index >= 15 is 0 Å². The second-order valence-corrected chi connectivity index (χ2v) is 6.01. The van der Waals surface area contributed by atoms with Gasteiger partial charge in [-0.25, -0.2) is 0 Å². The predicted molar refractivity (Wildman–Crippen MR) is 85.8 cm³/mol. The van der Waals surface area contributed by atoms with Crippen molar-refractivity contribution < 1.29 is 9.59 Å². The van der Waals surface area contributed by atoms with E-state index in [-0.39, 0.29) is 11.8 Å². The summed E-state index contributed by atoms with van der Waals surface area (Å²) >= 11 is 0. The second kappa shape index (κ2) is 7.92. The van der Waals surface area contributed by atoms with Crippen molar-refractivity contribution in [1.82, 2.24) is 15.2 Å². The number of piperidine rings is 1. The van der Waals surface area contributed by atoms with E-state index in [1.807, 2.05) is 4.90 Å². The van der Waals surface area contributed by atoms with E-state index in [2.05, 4.69) is 24.1 Å². The van der Waals surface area contributed by atoms with Crippen molar-refractivity contribution in [2.45, 2.75) is 39.5 Å². The minimum absolute atomic E-state index is 0.00286. The molecule has 0 unspecified atom stereocenters. The molecular formula is C17H25N3O2. The number of likely N-dealkylation sites (tertiary alicyclic amines) is 1. The molecule has 2 heterocycles. The zero-order valence-corrected chi connectivity index (χ0v) is 13.5. The predicted octanol–water partition coefficient (Wildman–Crippen LogP) is 2.48. The monoisotopic (exact) mass is 303 g/mol. The maximum absolute atomic E-state index is 12.5. The molecule has 0 atom stereocenters. The van der Waals surface area contributed by atoms with Crippen molar-refractivity contribution in [2.75, 3.05) is 19.6 Å². The fraction of sp³-hybridized carbons (Fsp3) is 0.588. The first-order chi connectivity index (χ1) is 10.6. The third kappa shape index (κ3) is 4.29. The Kier molecular flexibility index (Phi) is 5.92. The van der Waals surface area contributed by atoms with Gasteiger partial charge in [0.15, 0.2) is 0 Å². The van der Waals surface area contributed by atoms with Gasteiger partial charge < -0.3 is 10.2 Å². The molecule has 0 radical (unpaired) electrons. The fourth-order valence-electron chi connectivity index (χ4n) is 2.55. The van der Waals surface area contributed by atoms with Crippen LogP contribution in [0.1, 0.15) is 60.4 Å². The third-order valence-electron chi connectivity index (χ3n) is 4.13. The van der Waals surface area contributed by atoms with Crippen LogP contribution in [0.2, 0.25) is 0 Å². The lowest BCUT2D eigenvalue weighted by Gasteiger charge is -2.30. The van der Waals surface area contributed by atoms with Crippen LogP contribution in [0.5, 0.6) is 0 Å². The number of carbonyl (C=O) groups is 2. The zero-order valence-electron chi connectivity index (χ0n) is 13.5. The van der Waals surface area contributed by atoms with E-state index in [4.69, 9.17) is 0 Å². The maximum atomic E-state index is 12.5. The number of unbranched alkanes of at least 4 members (excludes halogenated alkanes) is 1. The number of hydrogen-bond acceptors (Lipinski definition) is 3. The summed E-state index contributed by atoms with van der Waals surface area (Å²) in [5.74, 6) is 0.466. The standard InChI is InChI=1S/C17H25N3O2/c1-3-4-8-19-16(21)15-12-14(5-9-18-15)17(22)20-10-6-13(2)7-11-20/h5,9,12-13H,3-4,6-8,10-11H2,1-2H3,(H,19,21). The average molecular weight is 303 g/mol. The van der Waals surface area contributed by atoms with Gasteiger partial charge in [-0.05, 0) is 37.3 Å². The molecule has 2 amide bonds. The van der Waals surface area contributed by atoms with Crippen LogP contribution in [0.25, 0.3) is 0 Å². The zero-order chi connectivity index (χ0) is 15.9. The highest BCUT2D eigenvalue weighted by atomic mass is 16.2. The number of hydrogen-bond donors (Lipinski definition) is 1. The summed E-state index contributed by atoms with van der Waals surface area (Å²) in [7, 11) is 0. The number of aromatic nitrogens is 1. The first-order valence-electron chi connectivity index (χ1n) is 8.15. The molecule has 1 N–H and O–H groups in total. The van der Waals surface area contributed by atoms with Gasteiger partial charge >= 0.3 is 0 Å². The number of nitrogens with one attached hydrogen (secondary N) is 1. The van der Waals surface area contributed by atoms with Gasteiger partial charge in [-0.2, -0.15) is 0 Å². The normalized spacial score (nSPS) is 15.6. The van der Waals surface area contributed by atoms with Crippen LogP contribution in [-0.2, 0) is 0 Å². The number of rotatable bonds is 5. The Morgan fingerprint density at radius 1 is 1.36 bits per heavy atom. The van der Waals surface area contributed by atoms with Gasteiger partial charge in [0.2, 0.25) is 0 Å². The van der Waals surface area contributed by atoms with E-state index in [1.165, 1.54) is 6.20 Å². The van der Waals surface area contributed by atoms with Crippen LogP contribution in [0.15, 0.2) is 18.3 Å². The van der Waals surface area contributed by atoms with Crippen LogP contribution < -0.4 is 5.32 Å². The molecule has 22 heavy (non-hydrogen) atoms. The highest BCUT2D eigenvalue weighted by Gasteiger charge is 2.22. The van der Waals surface area contributed by atoms with Gasteiger partial charge in [-0.15, -0.1) is 0 Å². The molecule has 1 aliphatic heterocycles. The first kappa shape index (κ1) is 16.5. The highest BCUT2D eigenvalue weighted by Crippen LogP contribution is 2.18. The van der Waals surface area contributed by atoms with Crippen molar-refractivity contribution >= 4 is 11.8 Å². The Balaban J connectivity index is 2.01. The number of pyridine rings is 1. The molecule has 5 heteroatoms. The molecule has 1 saturated heterocycles. The fourth-order valence-corrected chi connectivity index (χ4v) is 2.55. The Hall–Kier alpha value is -1.91. The molecule has 1 aliphatic rings. The molecule has 1 aromatic rings. The van der Waals surface area contributed by atoms with Gasteiger partial charge in [0.05, 0.1) is 0 Å². The number of amides is 2. The molecule has 120 valence electrons. The topological polar surface area (TPSA) is 62.3 Å². The van der Waals surface area contributed by atoms with Crippen molar-refractivity contribution in [3.8, 4) is 0 Å². The summed E-state index contributed by atoms with van der Waals surface area (Å²) < 4.78 is 0. The van der Waals surface area contributed by atoms with Gasteiger partial charge in [0.1, 0.15) is 5.69 Å². The van der Waals surface area contributed by atoms with Crippen molar-refractivity contribution in [3.05, 3.63) is 29.6 Å². The van der Waals surface area contributed by atoms with Gasteiger partial charge in [-0.3, -0.25) is 14.6 Å². The summed E-state index contributed by atoms with van der Waals surface area (Å²) in [6, 6.07) is 3.28. The minimum Gasteiger partial charge on any atom is -0.351 e. The van der Waals surface area contributed by atoms with Crippen LogP contribution in [0.3, 0.4) is 0 Å². The van der Waals surface area contributed by atoms with Crippen molar-refractivity contribution in [3.63, 3.8) is 0 Å². The molecule has 0 aliphatic carbocycles. The SMILES string of the molecule is CCCCNC(=O)c1cc(C(=O)N2CCC(C)CC2)ccn1. The molecule has 0 aromatic carbocycles. The van der Waals surface area contributed by atoms with Gasteiger partial charge in [0.25, 0.3) is 11.8 Å². The lowest BCUT2D eigenvalue weighted by molar-refractivity contribution is 0.0697. The smallest absolute Gasteiger partial charge is 0.269 e. The van der Waals surface area contributed by atoms with Crippen LogP contribution in [0, 0.1) is 5.92 Å². The lowest BCUT2D eigenvalue weighted by atomic mass is 9.98. The Morgan fingerprint density at radius 2 is 2.09 bits per heavy atom. The second-order valence-electron chi connectivity index (χ2n) is 6.01. The molecular weight excluding hydrogens is 278 g/mol. The Morgan fingerprint density at radius 3 is 2.77 bits per heavy atom. The van der Waals surface area contributed by atoms with E-state index in [0.717, 1.165) is 38.8 Å². The lowest BCUT2D eigenvalue weighted by Crippen LogP contribution is -2.38. The molecule has 2 rings (SSSR count). The number of carbonyl (C=O) groups excluding carboxylic acids is 2. The summed E-state index contributed by atoms with van der Waals surface area (Å²) in [6.45, 7) is 6.51. The largest absolute Gasteiger partial charge is 0.351 e. The highest BCUT2D eigenvalue weighted by molar-refractivity contribution is 5.98. The minimum atomic E-state index is -0.213. The van der Waals surface area contributed by atoms with E-state index < -0.39 is 0 Å². The Labute approximate surface area is 132 Å². The molecule has 0 saturated carbocycles. The van der Waals surface area contributed by atoms with E-state index in [9.17, 15) is 9.59 Å². The molecule has 1 aromatic heterocycles. The van der Waals surface area contributed by atoms with E-state index in [1.54, 1.807) is 12.1 Å². The summed E-state index contributed by atoms with van der Waals surface area (Å²) in [5, 5.41) is 2.83. The van der Waals surface area contributed by atoms with Gasteiger partial charge in [-0.1, -0.05) is 20.3 Å². The quantitative estimate of drug-likeness (QED) is 0.850. The van der Waals surface area contributed by atoms with Crippen molar-refractivity contribution in [1.29, 1.82) is 0 Å². The molecule has 0 bridgehead atoms. The van der Waals surface area contributed by atoms with Crippen LogP contribution in [0.4, 0.5) is 0 Å². The van der Waals surface area contributed by atoms with Crippen molar-refractivity contribution in [2.24, 2.45) is 5.92 Å².